The van der Waals surface area contributed by atoms with E-state index >= 15 is 0 Å². The van der Waals surface area contributed by atoms with Crippen molar-refractivity contribution in [3.8, 4) is 0 Å². The molecule has 2 N–H and O–H groups in total. The zero-order valence-corrected chi connectivity index (χ0v) is 12.8. The molecule has 1 aliphatic heterocycles. The SMILES string of the molecule is CCC(NC(C)CC1COCCN1)C1CCCCC1. The molecule has 0 amide bonds. The van der Waals surface area contributed by atoms with Gasteiger partial charge in [0.05, 0.1) is 13.2 Å². The fourth-order valence-electron chi connectivity index (χ4n) is 3.76. The zero-order chi connectivity index (χ0) is 13.5. The zero-order valence-electron chi connectivity index (χ0n) is 12.8. The van der Waals surface area contributed by atoms with E-state index in [1.165, 1.54) is 44.9 Å². The minimum atomic E-state index is 0.542. The largest absolute Gasteiger partial charge is 0.379 e. The van der Waals surface area contributed by atoms with Gasteiger partial charge in [-0.05, 0) is 38.5 Å². The molecule has 0 radical (unpaired) electrons. The Balaban J connectivity index is 1.73. The van der Waals surface area contributed by atoms with Crippen LogP contribution < -0.4 is 10.6 Å². The van der Waals surface area contributed by atoms with Crippen LogP contribution in [0.3, 0.4) is 0 Å². The van der Waals surface area contributed by atoms with Crippen LogP contribution in [0.2, 0.25) is 0 Å². The van der Waals surface area contributed by atoms with Crippen LogP contribution in [-0.2, 0) is 4.74 Å². The van der Waals surface area contributed by atoms with Gasteiger partial charge >= 0.3 is 0 Å². The van der Waals surface area contributed by atoms with E-state index in [9.17, 15) is 0 Å². The van der Waals surface area contributed by atoms with Gasteiger partial charge in [-0.15, -0.1) is 0 Å². The predicted octanol–water partition coefficient (Wildman–Crippen LogP) is 2.70. The summed E-state index contributed by atoms with van der Waals surface area (Å²) in [5.74, 6) is 0.914. The second kappa shape index (κ2) is 8.23. The standard InChI is InChI=1S/C16H32N2O/c1-3-16(14-7-5-4-6-8-14)18-13(2)11-15-12-19-10-9-17-15/h13-18H,3-12H2,1-2H3. The molecule has 1 aliphatic carbocycles. The number of hydrogen-bond acceptors (Lipinski definition) is 3. The van der Waals surface area contributed by atoms with Gasteiger partial charge in [0, 0.05) is 24.7 Å². The molecule has 0 spiro atoms. The lowest BCUT2D eigenvalue weighted by Crippen LogP contribution is -2.48. The summed E-state index contributed by atoms with van der Waals surface area (Å²) in [5, 5.41) is 7.44. The van der Waals surface area contributed by atoms with Crippen LogP contribution in [0.1, 0.15) is 58.8 Å². The fraction of sp³-hybridized carbons (Fsp3) is 1.00. The van der Waals surface area contributed by atoms with Gasteiger partial charge in [-0.3, -0.25) is 0 Å². The third-order valence-electron chi connectivity index (χ3n) is 4.79. The van der Waals surface area contributed by atoms with Gasteiger partial charge in [-0.1, -0.05) is 26.2 Å². The summed E-state index contributed by atoms with van der Waals surface area (Å²) in [6.45, 7) is 7.43. The van der Waals surface area contributed by atoms with E-state index < -0.39 is 0 Å². The van der Waals surface area contributed by atoms with Crippen molar-refractivity contribution in [3.05, 3.63) is 0 Å². The molecule has 0 aromatic heterocycles. The van der Waals surface area contributed by atoms with E-state index in [0.29, 0.717) is 12.1 Å². The Kier molecular flexibility index (Phi) is 6.62. The highest BCUT2D eigenvalue weighted by Gasteiger charge is 2.24. The van der Waals surface area contributed by atoms with Crippen molar-refractivity contribution in [1.29, 1.82) is 0 Å². The van der Waals surface area contributed by atoms with Crippen molar-refractivity contribution in [2.75, 3.05) is 19.8 Å². The lowest BCUT2D eigenvalue weighted by molar-refractivity contribution is 0.0700. The first kappa shape index (κ1) is 15.3. The van der Waals surface area contributed by atoms with Crippen molar-refractivity contribution >= 4 is 0 Å². The van der Waals surface area contributed by atoms with Crippen molar-refractivity contribution in [1.82, 2.24) is 10.6 Å². The third-order valence-corrected chi connectivity index (χ3v) is 4.79. The molecule has 0 aromatic carbocycles. The van der Waals surface area contributed by atoms with Crippen LogP contribution in [0.4, 0.5) is 0 Å². The molecule has 3 atom stereocenters. The van der Waals surface area contributed by atoms with Crippen molar-refractivity contribution < 1.29 is 4.74 Å². The number of morpholine rings is 1. The Hall–Kier alpha value is -0.120. The molecule has 3 unspecified atom stereocenters. The Bertz CT molecular complexity index is 235. The fourth-order valence-corrected chi connectivity index (χ4v) is 3.76. The van der Waals surface area contributed by atoms with E-state index in [0.717, 1.165) is 31.7 Å². The summed E-state index contributed by atoms with van der Waals surface area (Å²) in [6.07, 6.45) is 9.65. The lowest BCUT2D eigenvalue weighted by atomic mass is 9.82. The Labute approximate surface area is 118 Å². The van der Waals surface area contributed by atoms with E-state index in [1.54, 1.807) is 0 Å². The smallest absolute Gasteiger partial charge is 0.0620 e. The van der Waals surface area contributed by atoms with Gasteiger partial charge in [-0.25, -0.2) is 0 Å². The highest BCUT2D eigenvalue weighted by molar-refractivity contribution is 4.83. The average molecular weight is 268 g/mol. The molecule has 3 heteroatoms. The third kappa shape index (κ3) is 5.05. The maximum atomic E-state index is 5.54. The van der Waals surface area contributed by atoms with Crippen molar-refractivity contribution in [2.45, 2.75) is 76.9 Å². The maximum Gasteiger partial charge on any atom is 0.0620 e. The normalized spacial score (nSPS) is 29.1. The van der Waals surface area contributed by atoms with Gasteiger partial charge in [0.25, 0.3) is 0 Å². The highest BCUT2D eigenvalue weighted by atomic mass is 16.5. The first-order valence-corrected chi connectivity index (χ1v) is 8.36. The molecule has 2 aliphatic rings. The van der Waals surface area contributed by atoms with Crippen LogP contribution in [0, 0.1) is 5.92 Å². The summed E-state index contributed by atoms with van der Waals surface area (Å²) < 4.78 is 5.54. The molecule has 1 saturated heterocycles. The minimum absolute atomic E-state index is 0.542. The van der Waals surface area contributed by atoms with E-state index in [2.05, 4.69) is 24.5 Å². The summed E-state index contributed by atoms with van der Waals surface area (Å²) in [6, 6.07) is 1.85. The number of rotatable bonds is 6. The maximum absolute atomic E-state index is 5.54. The molecule has 2 rings (SSSR count). The van der Waals surface area contributed by atoms with E-state index in [1.807, 2.05) is 0 Å². The van der Waals surface area contributed by atoms with Crippen LogP contribution >= 0.6 is 0 Å². The van der Waals surface area contributed by atoms with E-state index in [-0.39, 0.29) is 0 Å². The van der Waals surface area contributed by atoms with Gasteiger partial charge in [0.15, 0.2) is 0 Å². The first-order chi connectivity index (χ1) is 9.29. The lowest BCUT2D eigenvalue weighted by Gasteiger charge is -2.34. The molecule has 19 heavy (non-hydrogen) atoms. The molecule has 112 valence electrons. The van der Waals surface area contributed by atoms with Crippen LogP contribution in [0.25, 0.3) is 0 Å². The Morgan fingerprint density at radius 3 is 2.68 bits per heavy atom. The number of ether oxygens (including phenoxy) is 1. The summed E-state index contributed by atoms with van der Waals surface area (Å²) in [4.78, 5) is 0. The first-order valence-electron chi connectivity index (χ1n) is 8.36. The van der Waals surface area contributed by atoms with Gasteiger partial charge in [0.2, 0.25) is 0 Å². The summed E-state index contributed by atoms with van der Waals surface area (Å²) in [7, 11) is 0. The number of nitrogens with one attached hydrogen (secondary N) is 2. The highest BCUT2D eigenvalue weighted by Crippen LogP contribution is 2.28. The Morgan fingerprint density at radius 1 is 1.26 bits per heavy atom. The molecule has 2 fully saturated rings. The van der Waals surface area contributed by atoms with Crippen LogP contribution in [-0.4, -0.2) is 37.9 Å². The molecular formula is C16H32N2O. The minimum Gasteiger partial charge on any atom is -0.379 e. The van der Waals surface area contributed by atoms with Gasteiger partial charge in [0.1, 0.15) is 0 Å². The molecule has 1 heterocycles. The number of hydrogen-bond donors (Lipinski definition) is 2. The van der Waals surface area contributed by atoms with E-state index in [4.69, 9.17) is 4.74 Å². The average Bonchev–Trinajstić information content (AvgIpc) is 2.47. The molecule has 0 bridgehead atoms. The van der Waals surface area contributed by atoms with Crippen LogP contribution in [0.5, 0.6) is 0 Å². The molecule has 3 nitrogen and oxygen atoms in total. The van der Waals surface area contributed by atoms with Gasteiger partial charge in [-0.2, -0.15) is 0 Å². The summed E-state index contributed by atoms with van der Waals surface area (Å²) >= 11 is 0. The topological polar surface area (TPSA) is 33.3 Å². The molecular weight excluding hydrogens is 236 g/mol. The predicted molar refractivity (Wildman–Crippen MR) is 80.5 cm³/mol. The van der Waals surface area contributed by atoms with Crippen molar-refractivity contribution in [2.24, 2.45) is 5.92 Å². The van der Waals surface area contributed by atoms with Crippen LogP contribution in [0.15, 0.2) is 0 Å². The second-order valence-electron chi connectivity index (χ2n) is 6.44. The second-order valence-corrected chi connectivity index (χ2v) is 6.44. The summed E-state index contributed by atoms with van der Waals surface area (Å²) in [5.41, 5.74) is 0. The monoisotopic (exact) mass is 268 g/mol. The quantitative estimate of drug-likeness (QED) is 0.777. The Morgan fingerprint density at radius 2 is 2.05 bits per heavy atom. The molecule has 0 aromatic rings. The molecule has 1 saturated carbocycles. The van der Waals surface area contributed by atoms with Gasteiger partial charge < -0.3 is 15.4 Å². The van der Waals surface area contributed by atoms with Crippen molar-refractivity contribution in [3.63, 3.8) is 0 Å².